The fourth-order valence-corrected chi connectivity index (χ4v) is 0.715. The van der Waals surface area contributed by atoms with Crippen molar-refractivity contribution >= 4 is 0 Å². The Balaban J connectivity index is 2.92. The van der Waals surface area contributed by atoms with Crippen LogP contribution < -0.4 is 5.73 Å². The van der Waals surface area contributed by atoms with E-state index in [0.29, 0.717) is 0 Å². The van der Waals surface area contributed by atoms with E-state index in [1.807, 2.05) is 0 Å². The van der Waals surface area contributed by atoms with Crippen molar-refractivity contribution in [3.63, 3.8) is 0 Å². The van der Waals surface area contributed by atoms with Crippen molar-refractivity contribution in [2.75, 3.05) is 6.54 Å². The van der Waals surface area contributed by atoms with Gasteiger partial charge >= 0.3 is 5.92 Å². The van der Waals surface area contributed by atoms with E-state index in [4.69, 9.17) is 5.73 Å². The Morgan fingerprint density at radius 3 is 2.73 bits per heavy atom. The molecule has 1 aromatic heterocycles. The van der Waals surface area contributed by atoms with Gasteiger partial charge in [-0.25, -0.2) is 0 Å². The smallest absolute Gasteiger partial charge is 0.303 e. The molecule has 0 saturated heterocycles. The van der Waals surface area contributed by atoms with Gasteiger partial charge in [-0.1, -0.05) is 0 Å². The lowest BCUT2D eigenvalue weighted by molar-refractivity contribution is 0.000864. The quantitative estimate of drug-likeness (QED) is 0.685. The number of nitrogens with zero attached hydrogens (tertiary/aromatic N) is 2. The van der Waals surface area contributed by atoms with Crippen molar-refractivity contribution in [3.05, 3.63) is 18.0 Å². The van der Waals surface area contributed by atoms with Gasteiger partial charge in [-0.05, 0) is 6.07 Å². The Kier molecular flexibility index (Phi) is 1.90. The Bertz CT molecular complexity index is 244. The van der Waals surface area contributed by atoms with Gasteiger partial charge in [0.2, 0.25) is 0 Å². The summed E-state index contributed by atoms with van der Waals surface area (Å²) in [5.41, 5.74) is 4.57. The van der Waals surface area contributed by atoms with Gasteiger partial charge in [0, 0.05) is 13.2 Å². The number of nitrogens with two attached hydrogens (primary N) is 1. The molecule has 0 unspecified atom stereocenters. The van der Waals surface area contributed by atoms with Crippen LogP contribution in [0.25, 0.3) is 0 Å². The van der Waals surface area contributed by atoms with Crippen LogP contribution in [0.1, 0.15) is 5.69 Å². The van der Waals surface area contributed by atoms with Gasteiger partial charge in [0.15, 0.2) is 0 Å². The maximum atomic E-state index is 12.7. The molecule has 5 heteroatoms. The second-order valence-electron chi connectivity index (χ2n) is 2.28. The van der Waals surface area contributed by atoms with Gasteiger partial charge in [-0.15, -0.1) is 0 Å². The predicted molar refractivity (Wildman–Crippen MR) is 36.2 cm³/mol. The molecule has 1 aromatic rings. The summed E-state index contributed by atoms with van der Waals surface area (Å²) in [7, 11) is 1.58. The number of hydrogen-bond donors (Lipinski definition) is 1. The van der Waals surface area contributed by atoms with Gasteiger partial charge < -0.3 is 5.73 Å². The van der Waals surface area contributed by atoms with Gasteiger partial charge in [0.1, 0.15) is 5.69 Å². The predicted octanol–water partition coefficient (Wildman–Crippen LogP) is 0.471. The second kappa shape index (κ2) is 2.58. The molecule has 0 radical (unpaired) electrons. The van der Waals surface area contributed by atoms with Gasteiger partial charge in [0.05, 0.1) is 6.54 Å². The van der Waals surface area contributed by atoms with Crippen molar-refractivity contribution in [1.82, 2.24) is 9.78 Å². The molecule has 2 N–H and O–H groups in total. The molecule has 0 aliphatic rings. The van der Waals surface area contributed by atoms with Crippen molar-refractivity contribution in [2.24, 2.45) is 12.8 Å². The van der Waals surface area contributed by atoms with E-state index in [1.54, 1.807) is 7.05 Å². The van der Waals surface area contributed by atoms with Gasteiger partial charge in [0.25, 0.3) is 0 Å². The monoisotopic (exact) mass is 161 g/mol. The van der Waals surface area contributed by atoms with E-state index < -0.39 is 12.5 Å². The molecule has 1 rings (SSSR count). The first kappa shape index (κ1) is 8.13. The van der Waals surface area contributed by atoms with E-state index in [1.165, 1.54) is 16.9 Å². The van der Waals surface area contributed by atoms with E-state index in [0.717, 1.165) is 0 Å². The fraction of sp³-hybridized carbons (Fsp3) is 0.500. The SMILES string of the molecule is Cn1ccc(C(F)(F)CN)n1. The summed E-state index contributed by atoms with van der Waals surface area (Å²) >= 11 is 0. The van der Waals surface area contributed by atoms with Crippen LogP contribution in [0.5, 0.6) is 0 Å². The van der Waals surface area contributed by atoms with Crippen molar-refractivity contribution in [1.29, 1.82) is 0 Å². The van der Waals surface area contributed by atoms with Crippen molar-refractivity contribution in [3.8, 4) is 0 Å². The molecule has 3 nitrogen and oxygen atoms in total. The highest BCUT2D eigenvalue weighted by Crippen LogP contribution is 2.23. The Hall–Kier alpha value is -0.970. The molecule has 0 atom stereocenters. The summed E-state index contributed by atoms with van der Waals surface area (Å²) < 4.78 is 26.7. The average molecular weight is 161 g/mol. The maximum Gasteiger partial charge on any atom is 0.303 e. The van der Waals surface area contributed by atoms with E-state index >= 15 is 0 Å². The van der Waals surface area contributed by atoms with E-state index in [2.05, 4.69) is 5.10 Å². The van der Waals surface area contributed by atoms with Crippen LogP contribution in [0.4, 0.5) is 8.78 Å². The lowest BCUT2D eigenvalue weighted by Crippen LogP contribution is -2.25. The summed E-state index contributed by atoms with van der Waals surface area (Å²) in [5, 5.41) is 3.54. The molecule has 0 aromatic carbocycles. The van der Waals surface area contributed by atoms with Crippen LogP contribution in [-0.4, -0.2) is 16.3 Å². The molecule has 0 saturated carbocycles. The number of halogens is 2. The summed E-state index contributed by atoms with van der Waals surface area (Å²) in [6, 6.07) is 1.26. The van der Waals surface area contributed by atoms with Gasteiger partial charge in [-0.2, -0.15) is 13.9 Å². The summed E-state index contributed by atoms with van der Waals surface area (Å²) in [5.74, 6) is -3.00. The standard InChI is InChI=1S/C6H9F2N3/c1-11-3-2-5(10-11)6(7,8)4-9/h2-3H,4,9H2,1H3. The number of aromatic nitrogens is 2. The van der Waals surface area contributed by atoms with Gasteiger partial charge in [-0.3, -0.25) is 4.68 Å². The van der Waals surface area contributed by atoms with Crippen LogP contribution >= 0.6 is 0 Å². The first-order valence-electron chi connectivity index (χ1n) is 3.14. The lowest BCUT2D eigenvalue weighted by atomic mass is 10.2. The summed E-state index contributed by atoms with van der Waals surface area (Å²) in [6.45, 7) is -0.704. The molecular weight excluding hydrogens is 152 g/mol. The number of alkyl halides is 2. The van der Waals surface area contributed by atoms with Crippen LogP contribution in [-0.2, 0) is 13.0 Å². The highest BCUT2D eigenvalue weighted by molar-refractivity contribution is 5.06. The molecule has 0 aliphatic carbocycles. The largest absolute Gasteiger partial charge is 0.325 e. The topological polar surface area (TPSA) is 43.8 Å². The fourth-order valence-electron chi connectivity index (χ4n) is 0.715. The molecular formula is C6H9F2N3. The molecule has 0 aliphatic heterocycles. The molecule has 0 spiro atoms. The average Bonchev–Trinajstić information content (AvgIpc) is 2.36. The minimum Gasteiger partial charge on any atom is -0.325 e. The first-order valence-corrected chi connectivity index (χ1v) is 3.14. The van der Waals surface area contributed by atoms with Crippen molar-refractivity contribution < 1.29 is 8.78 Å². The Morgan fingerprint density at radius 2 is 2.36 bits per heavy atom. The minimum atomic E-state index is -3.00. The van der Waals surface area contributed by atoms with Crippen LogP contribution in [0.2, 0.25) is 0 Å². The molecule has 11 heavy (non-hydrogen) atoms. The number of hydrogen-bond acceptors (Lipinski definition) is 2. The minimum absolute atomic E-state index is 0.275. The third kappa shape index (κ3) is 1.54. The molecule has 0 amide bonds. The van der Waals surface area contributed by atoms with E-state index in [-0.39, 0.29) is 5.69 Å². The Morgan fingerprint density at radius 1 is 1.73 bits per heavy atom. The second-order valence-corrected chi connectivity index (χ2v) is 2.28. The summed E-state index contributed by atoms with van der Waals surface area (Å²) in [6.07, 6.45) is 1.46. The highest BCUT2D eigenvalue weighted by Gasteiger charge is 2.31. The third-order valence-corrected chi connectivity index (χ3v) is 1.34. The zero-order valence-corrected chi connectivity index (χ0v) is 6.09. The normalized spacial score (nSPS) is 12.0. The zero-order valence-electron chi connectivity index (χ0n) is 6.09. The first-order chi connectivity index (χ1) is 5.06. The molecule has 1 heterocycles. The zero-order chi connectivity index (χ0) is 8.48. The molecule has 62 valence electrons. The molecule has 0 fully saturated rings. The van der Waals surface area contributed by atoms with E-state index in [9.17, 15) is 8.78 Å². The highest BCUT2D eigenvalue weighted by atomic mass is 19.3. The third-order valence-electron chi connectivity index (χ3n) is 1.34. The number of aryl methyl sites for hydroxylation is 1. The number of rotatable bonds is 2. The van der Waals surface area contributed by atoms with Crippen molar-refractivity contribution in [2.45, 2.75) is 5.92 Å². The lowest BCUT2D eigenvalue weighted by Gasteiger charge is -2.09. The Labute approximate surface area is 62.8 Å². The van der Waals surface area contributed by atoms with Crippen LogP contribution in [0.15, 0.2) is 12.3 Å². The maximum absolute atomic E-state index is 12.7. The summed E-state index contributed by atoms with van der Waals surface area (Å²) in [4.78, 5) is 0. The molecule has 0 bridgehead atoms. The van der Waals surface area contributed by atoms with Crippen LogP contribution in [0, 0.1) is 0 Å². The van der Waals surface area contributed by atoms with Crippen LogP contribution in [0.3, 0.4) is 0 Å².